The molecule has 0 aliphatic heterocycles. The SMILES string of the molecule is Nc1ccc(Cl)cc1SCc1ccc(C(F)(F)F)cc1. The normalized spacial score (nSPS) is 11.6. The van der Waals surface area contributed by atoms with Crippen molar-refractivity contribution in [3.05, 3.63) is 58.6 Å². The van der Waals surface area contributed by atoms with E-state index in [-0.39, 0.29) is 0 Å². The van der Waals surface area contributed by atoms with Crippen LogP contribution in [0.15, 0.2) is 47.4 Å². The summed E-state index contributed by atoms with van der Waals surface area (Å²) in [7, 11) is 0. The number of hydrogen-bond donors (Lipinski definition) is 1. The van der Waals surface area contributed by atoms with Gasteiger partial charge in [-0.05, 0) is 35.9 Å². The second-order valence-corrected chi connectivity index (χ2v) is 5.62. The van der Waals surface area contributed by atoms with E-state index in [1.807, 2.05) is 0 Å². The van der Waals surface area contributed by atoms with Crippen LogP contribution in [0.4, 0.5) is 18.9 Å². The number of hydrogen-bond acceptors (Lipinski definition) is 2. The molecule has 0 atom stereocenters. The van der Waals surface area contributed by atoms with Crippen molar-refractivity contribution in [3.63, 3.8) is 0 Å². The van der Waals surface area contributed by atoms with Crippen molar-refractivity contribution in [1.82, 2.24) is 0 Å². The number of nitrogens with two attached hydrogens (primary N) is 1. The fraction of sp³-hybridized carbons (Fsp3) is 0.143. The van der Waals surface area contributed by atoms with Crippen LogP contribution in [0.5, 0.6) is 0 Å². The van der Waals surface area contributed by atoms with Crippen molar-refractivity contribution in [2.75, 3.05) is 5.73 Å². The second-order valence-electron chi connectivity index (χ2n) is 4.17. The van der Waals surface area contributed by atoms with Gasteiger partial charge in [0.15, 0.2) is 0 Å². The zero-order valence-electron chi connectivity index (χ0n) is 10.2. The van der Waals surface area contributed by atoms with E-state index < -0.39 is 11.7 Å². The Kier molecular flexibility index (Phi) is 4.50. The van der Waals surface area contributed by atoms with E-state index >= 15 is 0 Å². The molecule has 6 heteroatoms. The van der Waals surface area contributed by atoms with E-state index in [1.165, 1.54) is 23.9 Å². The molecule has 20 heavy (non-hydrogen) atoms. The van der Waals surface area contributed by atoms with E-state index in [1.54, 1.807) is 18.2 Å². The summed E-state index contributed by atoms with van der Waals surface area (Å²) in [5.41, 5.74) is 6.56. The number of alkyl halides is 3. The van der Waals surface area contributed by atoms with Gasteiger partial charge >= 0.3 is 6.18 Å². The highest BCUT2D eigenvalue weighted by atomic mass is 35.5. The number of anilines is 1. The maximum atomic E-state index is 12.4. The summed E-state index contributed by atoms with van der Waals surface area (Å²) in [6, 6.07) is 10.2. The minimum atomic E-state index is -4.30. The summed E-state index contributed by atoms with van der Waals surface area (Å²) in [4.78, 5) is 0.817. The third kappa shape index (κ3) is 3.84. The first-order valence-corrected chi connectivity index (χ1v) is 7.06. The van der Waals surface area contributed by atoms with Gasteiger partial charge in [-0.2, -0.15) is 13.2 Å². The van der Waals surface area contributed by atoms with Crippen LogP contribution < -0.4 is 5.73 Å². The molecule has 2 aromatic rings. The van der Waals surface area contributed by atoms with Gasteiger partial charge in [0.25, 0.3) is 0 Å². The molecule has 0 spiro atoms. The van der Waals surface area contributed by atoms with Crippen molar-refractivity contribution in [3.8, 4) is 0 Å². The van der Waals surface area contributed by atoms with Gasteiger partial charge < -0.3 is 5.73 Å². The Balaban J connectivity index is 2.06. The number of benzene rings is 2. The van der Waals surface area contributed by atoms with E-state index in [4.69, 9.17) is 17.3 Å². The van der Waals surface area contributed by atoms with Crippen molar-refractivity contribution < 1.29 is 13.2 Å². The molecule has 1 nitrogen and oxygen atoms in total. The van der Waals surface area contributed by atoms with Gasteiger partial charge in [0.1, 0.15) is 0 Å². The molecule has 0 unspecified atom stereocenters. The van der Waals surface area contributed by atoms with Crippen LogP contribution in [0.25, 0.3) is 0 Å². The highest BCUT2D eigenvalue weighted by Gasteiger charge is 2.29. The Bertz CT molecular complexity index is 596. The van der Waals surface area contributed by atoms with Gasteiger partial charge in [-0.25, -0.2) is 0 Å². The van der Waals surface area contributed by atoms with Crippen LogP contribution >= 0.6 is 23.4 Å². The molecular formula is C14H11ClF3NS. The van der Waals surface area contributed by atoms with Crippen LogP contribution in [-0.4, -0.2) is 0 Å². The third-order valence-electron chi connectivity index (χ3n) is 2.65. The molecule has 0 fully saturated rings. The van der Waals surface area contributed by atoms with Crippen LogP contribution in [0, 0.1) is 0 Å². The van der Waals surface area contributed by atoms with Crippen molar-refractivity contribution in [1.29, 1.82) is 0 Å². The Morgan fingerprint density at radius 3 is 2.30 bits per heavy atom. The minimum Gasteiger partial charge on any atom is -0.398 e. The van der Waals surface area contributed by atoms with Crippen LogP contribution in [0.1, 0.15) is 11.1 Å². The average Bonchev–Trinajstić information content (AvgIpc) is 2.39. The van der Waals surface area contributed by atoms with Crippen LogP contribution in [0.3, 0.4) is 0 Å². The highest BCUT2D eigenvalue weighted by molar-refractivity contribution is 7.98. The number of rotatable bonds is 3. The summed E-state index contributed by atoms with van der Waals surface area (Å²) in [6.07, 6.45) is -4.30. The van der Waals surface area contributed by atoms with Crippen LogP contribution in [-0.2, 0) is 11.9 Å². The van der Waals surface area contributed by atoms with Gasteiger partial charge in [-0.1, -0.05) is 23.7 Å². The van der Waals surface area contributed by atoms with Crippen molar-refractivity contribution >= 4 is 29.1 Å². The maximum Gasteiger partial charge on any atom is 0.416 e. The lowest BCUT2D eigenvalue weighted by Gasteiger charge is -2.08. The highest BCUT2D eigenvalue weighted by Crippen LogP contribution is 2.32. The Morgan fingerprint density at radius 1 is 1.05 bits per heavy atom. The van der Waals surface area contributed by atoms with Crippen LogP contribution in [0.2, 0.25) is 5.02 Å². The predicted molar refractivity (Wildman–Crippen MR) is 76.9 cm³/mol. The Labute approximate surface area is 123 Å². The summed E-state index contributed by atoms with van der Waals surface area (Å²) >= 11 is 7.31. The van der Waals surface area contributed by atoms with E-state index in [0.29, 0.717) is 16.5 Å². The fourth-order valence-corrected chi connectivity index (χ4v) is 2.78. The largest absolute Gasteiger partial charge is 0.416 e. The first-order chi connectivity index (χ1) is 9.36. The lowest BCUT2D eigenvalue weighted by Crippen LogP contribution is -2.04. The van der Waals surface area contributed by atoms with E-state index in [2.05, 4.69) is 0 Å². The van der Waals surface area contributed by atoms with Gasteiger partial charge in [0, 0.05) is 21.4 Å². The van der Waals surface area contributed by atoms with Gasteiger partial charge in [-0.3, -0.25) is 0 Å². The number of halogens is 4. The molecule has 0 heterocycles. The lowest BCUT2D eigenvalue weighted by atomic mass is 10.1. The van der Waals surface area contributed by atoms with Crippen molar-refractivity contribution in [2.24, 2.45) is 0 Å². The Morgan fingerprint density at radius 2 is 1.70 bits per heavy atom. The van der Waals surface area contributed by atoms with Gasteiger partial charge in [-0.15, -0.1) is 11.8 Å². The molecular weight excluding hydrogens is 307 g/mol. The Hall–Kier alpha value is -1.33. The van der Waals surface area contributed by atoms with Crippen molar-refractivity contribution in [2.45, 2.75) is 16.8 Å². The maximum absolute atomic E-state index is 12.4. The van der Waals surface area contributed by atoms with E-state index in [0.717, 1.165) is 22.6 Å². The predicted octanol–water partition coefficient (Wildman–Crippen LogP) is 5.23. The molecule has 2 N–H and O–H groups in total. The molecule has 0 radical (unpaired) electrons. The number of thioether (sulfide) groups is 1. The molecule has 2 aromatic carbocycles. The third-order valence-corrected chi connectivity index (χ3v) is 4.03. The first-order valence-electron chi connectivity index (χ1n) is 5.70. The van der Waals surface area contributed by atoms with E-state index in [9.17, 15) is 13.2 Å². The lowest BCUT2D eigenvalue weighted by molar-refractivity contribution is -0.137. The fourth-order valence-electron chi connectivity index (χ4n) is 1.58. The van der Waals surface area contributed by atoms with Gasteiger partial charge in [0.2, 0.25) is 0 Å². The summed E-state index contributed by atoms with van der Waals surface area (Å²) in [5.74, 6) is 0.530. The minimum absolute atomic E-state index is 0.530. The molecule has 0 aliphatic rings. The average molecular weight is 318 g/mol. The standard InChI is InChI=1S/C14H11ClF3NS/c15-11-5-6-12(19)13(7-11)20-8-9-1-3-10(4-2-9)14(16,17)18/h1-7H,8,19H2. The monoisotopic (exact) mass is 317 g/mol. The smallest absolute Gasteiger partial charge is 0.398 e. The topological polar surface area (TPSA) is 26.0 Å². The first kappa shape index (κ1) is 15.1. The zero-order valence-corrected chi connectivity index (χ0v) is 11.8. The number of nitrogen functional groups attached to an aromatic ring is 1. The molecule has 0 aromatic heterocycles. The van der Waals surface area contributed by atoms with Gasteiger partial charge in [0.05, 0.1) is 5.56 Å². The molecule has 106 valence electrons. The molecule has 0 bridgehead atoms. The zero-order chi connectivity index (χ0) is 14.8. The molecule has 0 amide bonds. The summed E-state index contributed by atoms with van der Waals surface area (Å²) in [5, 5.41) is 0.578. The quantitative estimate of drug-likeness (QED) is 0.619. The molecule has 2 rings (SSSR count). The summed E-state index contributed by atoms with van der Waals surface area (Å²) < 4.78 is 37.3. The second kappa shape index (κ2) is 5.97. The molecule has 0 saturated carbocycles. The molecule has 0 aliphatic carbocycles. The molecule has 0 saturated heterocycles. The summed E-state index contributed by atoms with van der Waals surface area (Å²) in [6.45, 7) is 0.